The minimum absolute atomic E-state index is 0.0530. The van der Waals surface area contributed by atoms with E-state index in [-0.39, 0.29) is 5.69 Å². The molecule has 7 heteroatoms. The molecular formula is C24H28N4O3. The van der Waals surface area contributed by atoms with E-state index in [0.717, 1.165) is 18.7 Å². The molecule has 0 aromatic heterocycles. The molecule has 0 atom stereocenters. The number of benzene rings is 2. The van der Waals surface area contributed by atoms with E-state index in [4.69, 9.17) is 0 Å². The molecule has 2 aliphatic rings. The second kappa shape index (κ2) is 9.29. The standard InChI is InChI=1S/C24H28N4O3/c29-23(20-6-10-22(11-7-20)28(30)31)26-25-18-19-4-8-21(9-5-19)27-16-14-24(15-17-27)12-2-1-3-13-24/h4-11,18H,1-3,12-17H2,(H,26,29). The van der Waals surface area contributed by atoms with Crippen molar-refractivity contribution in [2.75, 3.05) is 18.0 Å². The highest BCUT2D eigenvalue weighted by Gasteiger charge is 2.35. The van der Waals surface area contributed by atoms with Crippen molar-refractivity contribution in [1.29, 1.82) is 0 Å². The van der Waals surface area contributed by atoms with Gasteiger partial charge in [-0.25, -0.2) is 5.43 Å². The van der Waals surface area contributed by atoms with E-state index in [9.17, 15) is 14.9 Å². The van der Waals surface area contributed by atoms with Gasteiger partial charge in [0.1, 0.15) is 0 Å². The monoisotopic (exact) mass is 420 g/mol. The van der Waals surface area contributed by atoms with Gasteiger partial charge in [0.25, 0.3) is 11.6 Å². The van der Waals surface area contributed by atoms with Crippen molar-refractivity contribution in [3.63, 3.8) is 0 Å². The van der Waals surface area contributed by atoms with E-state index in [1.807, 2.05) is 12.1 Å². The predicted molar refractivity (Wildman–Crippen MR) is 122 cm³/mol. The van der Waals surface area contributed by atoms with Crippen LogP contribution < -0.4 is 10.3 Å². The number of hydrazone groups is 1. The van der Waals surface area contributed by atoms with Crippen LogP contribution in [-0.2, 0) is 0 Å². The number of hydrogen-bond donors (Lipinski definition) is 1. The van der Waals surface area contributed by atoms with E-state index < -0.39 is 10.8 Å². The number of anilines is 1. The lowest BCUT2D eigenvalue weighted by Crippen LogP contribution is -2.41. The molecule has 1 aliphatic carbocycles. The summed E-state index contributed by atoms with van der Waals surface area (Å²) in [4.78, 5) is 24.8. The Labute approximate surface area is 182 Å². The fraction of sp³-hybridized carbons (Fsp3) is 0.417. The van der Waals surface area contributed by atoms with Crippen molar-refractivity contribution in [2.45, 2.75) is 44.9 Å². The summed E-state index contributed by atoms with van der Waals surface area (Å²) in [6.45, 7) is 2.25. The molecule has 0 radical (unpaired) electrons. The van der Waals surface area contributed by atoms with Gasteiger partial charge >= 0.3 is 0 Å². The summed E-state index contributed by atoms with van der Waals surface area (Å²) in [5.74, 6) is -0.410. The maximum atomic E-state index is 12.1. The Morgan fingerprint density at radius 2 is 1.61 bits per heavy atom. The maximum Gasteiger partial charge on any atom is 0.271 e. The number of piperidine rings is 1. The molecule has 162 valence electrons. The van der Waals surface area contributed by atoms with E-state index in [1.165, 1.54) is 74.9 Å². The van der Waals surface area contributed by atoms with Crippen LogP contribution in [0.2, 0.25) is 0 Å². The number of hydrogen-bond acceptors (Lipinski definition) is 5. The Hall–Kier alpha value is -3.22. The van der Waals surface area contributed by atoms with Crippen molar-refractivity contribution in [3.8, 4) is 0 Å². The minimum Gasteiger partial charge on any atom is -0.371 e. The van der Waals surface area contributed by atoms with Crippen LogP contribution in [0.25, 0.3) is 0 Å². The van der Waals surface area contributed by atoms with Gasteiger partial charge in [0.15, 0.2) is 0 Å². The van der Waals surface area contributed by atoms with Crippen LogP contribution in [0, 0.1) is 15.5 Å². The van der Waals surface area contributed by atoms with Gasteiger partial charge in [-0.15, -0.1) is 0 Å². The third-order valence-electron chi connectivity index (χ3n) is 6.72. The lowest BCUT2D eigenvalue weighted by Gasteiger charge is -2.45. The minimum atomic E-state index is -0.499. The van der Waals surface area contributed by atoms with Gasteiger partial charge < -0.3 is 4.90 Å². The van der Waals surface area contributed by atoms with Crippen LogP contribution in [0.15, 0.2) is 53.6 Å². The SMILES string of the molecule is O=C(NN=Cc1ccc(N2CCC3(CCCCC3)CC2)cc1)c1ccc([N+](=O)[O-])cc1. The maximum absolute atomic E-state index is 12.1. The molecule has 1 spiro atoms. The third-order valence-corrected chi connectivity index (χ3v) is 6.72. The smallest absolute Gasteiger partial charge is 0.271 e. The zero-order valence-corrected chi connectivity index (χ0v) is 17.6. The summed E-state index contributed by atoms with van der Waals surface area (Å²) in [6, 6.07) is 13.6. The molecule has 1 saturated carbocycles. The molecule has 0 bridgehead atoms. The van der Waals surface area contributed by atoms with Crippen molar-refractivity contribution in [2.24, 2.45) is 10.5 Å². The first kappa shape index (κ1) is 21.0. The van der Waals surface area contributed by atoms with Crippen molar-refractivity contribution >= 4 is 23.5 Å². The van der Waals surface area contributed by atoms with Crippen LogP contribution in [0.3, 0.4) is 0 Å². The summed E-state index contributed by atoms with van der Waals surface area (Å²) >= 11 is 0. The number of amides is 1. The fourth-order valence-electron chi connectivity index (χ4n) is 4.78. The fourth-order valence-corrected chi connectivity index (χ4v) is 4.78. The first-order chi connectivity index (χ1) is 15.0. The molecule has 2 aromatic rings. The molecule has 1 saturated heterocycles. The molecule has 1 aliphatic heterocycles. The molecule has 7 nitrogen and oxygen atoms in total. The molecule has 2 aromatic carbocycles. The van der Waals surface area contributed by atoms with Crippen molar-refractivity contribution in [1.82, 2.24) is 5.43 Å². The Balaban J connectivity index is 1.29. The number of nitrogens with zero attached hydrogens (tertiary/aromatic N) is 3. The highest BCUT2D eigenvalue weighted by atomic mass is 16.6. The topological polar surface area (TPSA) is 87.8 Å². The number of nitrogens with one attached hydrogen (secondary N) is 1. The van der Waals surface area contributed by atoms with Gasteiger partial charge in [-0.05, 0) is 60.9 Å². The van der Waals surface area contributed by atoms with Crippen molar-refractivity contribution < 1.29 is 9.72 Å². The average molecular weight is 421 g/mol. The van der Waals surface area contributed by atoms with E-state index in [0.29, 0.717) is 11.0 Å². The van der Waals surface area contributed by atoms with Crippen LogP contribution in [0.1, 0.15) is 60.9 Å². The highest BCUT2D eigenvalue weighted by molar-refractivity contribution is 5.95. The van der Waals surface area contributed by atoms with Gasteiger partial charge in [0.2, 0.25) is 0 Å². The quantitative estimate of drug-likeness (QED) is 0.423. The molecule has 4 rings (SSSR count). The van der Waals surface area contributed by atoms with Gasteiger partial charge in [0.05, 0.1) is 11.1 Å². The van der Waals surface area contributed by atoms with Gasteiger partial charge in [0, 0.05) is 36.5 Å². The Kier molecular flexibility index (Phi) is 6.30. The zero-order valence-electron chi connectivity index (χ0n) is 17.6. The summed E-state index contributed by atoms with van der Waals surface area (Å²) in [5.41, 5.74) is 5.45. The normalized spacial score (nSPS) is 18.3. The number of carbonyl (C=O) groups is 1. The lowest BCUT2D eigenvalue weighted by atomic mass is 9.68. The Morgan fingerprint density at radius 1 is 0.968 bits per heavy atom. The van der Waals surface area contributed by atoms with Crippen LogP contribution in [-0.4, -0.2) is 30.1 Å². The van der Waals surface area contributed by atoms with Gasteiger partial charge in [-0.1, -0.05) is 31.4 Å². The summed E-state index contributed by atoms with van der Waals surface area (Å²) in [7, 11) is 0. The third kappa shape index (κ3) is 5.10. The van der Waals surface area contributed by atoms with Crippen molar-refractivity contribution in [3.05, 3.63) is 69.8 Å². The van der Waals surface area contributed by atoms with Gasteiger partial charge in [-0.2, -0.15) is 5.10 Å². The second-order valence-corrected chi connectivity index (χ2v) is 8.64. The number of nitro benzene ring substituents is 1. The Bertz CT molecular complexity index is 938. The molecule has 0 unspecified atom stereocenters. The van der Waals surface area contributed by atoms with Crippen LogP contribution >= 0.6 is 0 Å². The zero-order chi connectivity index (χ0) is 21.7. The molecule has 1 N–H and O–H groups in total. The summed E-state index contributed by atoms with van der Waals surface area (Å²) < 4.78 is 0. The van der Waals surface area contributed by atoms with Gasteiger partial charge in [-0.3, -0.25) is 14.9 Å². The number of non-ortho nitro benzene ring substituents is 1. The predicted octanol–water partition coefficient (Wildman–Crippen LogP) is 4.91. The van der Waals surface area contributed by atoms with E-state index >= 15 is 0 Å². The molecule has 31 heavy (non-hydrogen) atoms. The van der Waals surface area contributed by atoms with Crippen LogP contribution in [0.5, 0.6) is 0 Å². The number of nitro groups is 1. The second-order valence-electron chi connectivity index (χ2n) is 8.64. The molecule has 1 heterocycles. The summed E-state index contributed by atoms with van der Waals surface area (Å²) in [5, 5.41) is 14.7. The summed E-state index contributed by atoms with van der Waals surface area (Å²) in [6.07, 6.45) is 11.2. The van der Waals surface area contributed by atoms with Crippen LogP contribution in [0.4, 0.5) is 11.4 Å². The molecular weight excluding hydrogens is 392 g/mol. The molecule has 2 fully saturated rings. The highest BCUT2D eigenvalue weighted by Crippen LogP contribution is 2.45. The average Bonchev–Trinajstić information content (AvgIpc) is 2.81. The first-order valence-electron chi connectivity index (χ1n) is 11.0. The lowest BCUT2D eigenvalue weighted by molar-refractivity contribution is -0.384. The van der Waals surface area contributed by atoms with E-state index in [1.54, 1.807) is 6.21 Å². The number of carbonyl (C=O) groups excluding carboxylic acids is 1. The first-order valence-corrected chi connectivity index (χ1v) is 11.0. The number of rotatable bonds is 5. The van der Waals surface area contributed by atoms with E-state index in [2.05, 4.69) is 27.6 Å². The molecule has 1 amide bonds. The largest absolute Gasteiger partial charge is 0.371 e. The Morgan fingerprint density at radius 3 is 2.23 bits per heavy atom.